The van der Waals surface area contributed by atoms with E-state index in [0.29, 0.717) is 0 Å². The van der Waals surface area contributed by atoms with Crippen molar-refractivity contribution in [3.8, 4) is 0 Å². The van der Waals surface area contributed by atoms with E-state index >= 15 is 0 Å². The van der Waals surface area contributed by atoms with Crippen molar-refractivity contribution in [1.29, 1.82) is 0 Å². The summed E-state index contributed by atoms with van der Waals surface area (Å²) in [7, 11) is 2.02. The number of hydrogen-bond donors (Lipinski definition) is 1. The predicted molar refractivity (Wildman–Crippen MR) is 63.0 cm³/mol. The largest absolute Gasteiger partial charge is 0.349 e. The Morgan fingerprint density at radius 2 is 2.13 bits per heavy atom. The molecule has 1 aliphatic carbocycles. The van der Waals surface area contributed by atoms with E-state index in [4.69, 9.17) is 17.3 Å². The van der Waals surface area contributed by atoms with Crippen LogP contribution < -0.4 is 5.73 Å². The van der Waals surface area contributed by atoms with Crippen LogP contribution in [0.5, 0.6) is 0 Å². The van der Waals surface area contributed by atoms with Crippen LogP contribution in [0.25, 0.3) is 10.9 Å². The molecule has 0 atom stereocenters. The monoisotopic (exact) mass is 220 g/mol. The lowest BCUT2D eigenvalue weighted by Gasteiger charge is -2.12. The van der Waals surface area contributed by atoms with Crippen LogP contribution in [-0.4, -0.2) is 4.57 Å². The Balaban J connectivity index is 2.39. The number of halogens is 1. The van der Waals surface area contributed by atoms with Crippen LogP contribution in [0.2, 0.25) is 5.02 Å². The number of fused-ring (bicyclic) bond motifs is 1. The first kappa shape index (κ1) is 9.25. The molecule has 3 heteroatoms. The Labute approximate surface area is 93.6 Å². The lowest BCUT2D eigenvalue weighted by atomic mass is 10.0. The average molecular weight is 221 g/mol. The second-order valence-corrected chi connectivity index (χ2v) is 4.85. The fraction of sp³-hybridized carbons (Fsp3) is 0.333. The van der Waals surface area contributed by atoms with Crippen molar-refractivity contribution < 1.29 is 0 Å². The van der Waals surface area contributed by atoms with Gasteiger partial charge in [0, 0.05) is 24.2 Å². The first-order chi connectivity index (χ1) is 7.12. The van der Waals surface area contributed by atoms with Crippen LogP contribution in [-0.2, 0) is 12.6 Å². The number of aryl methyl sites for hydroxylation is 1. The summed E-state index contributed by atoms with van der Waals surface area (Å²) in [5.41, 5.74) is 8.57. The quantitative estimate of drug-likeness (QED) is 0.787. The Morgan fingerprint density at radius 3 is 2.80 bits per heavy atom. The molecule has 0 radical (unpaired) electrons. The lowest BCUT2D eigenvalue weighted by molar-refractivity contribution is 0.740. The van der Waals surface area contributed by atoms with Crippen LogP contribution in [0.1, 0.15) is 18.4 Å². The van der Waals surface area contributed by atoms with Crippen LogP contribution in [0, 0.1) is 0 Å². The van der Waals surface area contributed by atoms with Gasteiger partial charge in [0.2, 0.25) is 0 Å². The molecule has 3 rings (SSSR count). The lowest BCUT2D eigenvalue weighted by Crippen LogP contribution is -2.19. The van der Waals surface area contributed by atoms with E-state index in [1.165, 1.54) is 11.1 Å². The van der Waals surface area contributed by atoms with Gasteiger partial charge in [-0.25, -0.2) is 0 Å². The summed E-state index contributed by atoms with van der Waals surface area (Å²) in [5.74, 6) is 0. The molecule has 78 valence electrons. The summed E-state index contributed by atoms with van der Waals surface area (Å²) in [6, 6.07) is 6.20. The molecule has 1 aromatic heterocycles. The zero-order valence-corrected chi connectivity index (χ0v) is 9.38. The normalized spacial score (nSPS) is 18.3. The average Bonchev–Trinajstić information content (AvgIpc) is 2.89. The number of aromatic nitrogens is 1. The Hall–Kier alpha value is -0.990. The minimum absolute atomic E-state index is 0.102. The van der Waals surface area contributed by atoms with Gasteiger partial charge in [0.1, 0.15) is 0 Å². The summed E-state index contributed by atoms with van der Waals surface area (Å²) >= 11 is 6.16. The molecule has 0 amide bonds. The smallest absolute Gasteiger partial charge is 0.0661 e. The summed E-state index contributed by atoms with van der Waals surface area (Å²) in [4.78, 5) is 0. The number of nitrogens with zero attached hydrogens (tertiary/aromatic N) is 1. The SMILES string of the molecule is Cn1cc(Cl)c2cccc(C3(N)CC3)c21. The maximum atomic E-state index is 6.26. The molecule has 15 heavy (non-hydrogen) atoms. The molecule has 0 spiro atoms. The fourth-order valence-electron chi connectivity index (χ4n) is 2.23. The maximum Gasteiger partial charge on any atom is 0.0661 e. The van der Waals surface area contributed by atoms with Gasteiger partial charge < -0.3 is 10.3 Å². The predicted octanol–water partition coefficient (Wildman–Crippen LogP) is 2.78. The third-order valence-corrected chi connectivity index (χ3v) is 3.58. The van der Waals surface area contributed by atoms with Gasteiger partial charge in [-0.3, -0.25) is 0 Å². The van der Waals surface area contributed by atoms with Gasteiger partial charge >= 0.3 is 0 Å². The fourth-order valence-corrected chi connectivity index (χ4v) is 2.52. The highest BCUT2D eigenvalue weighted by molar-refractivity contribution is 6.35. The molecule has 1 saturated carbocycles. The summed E-state index contributed by atoms with van der Waals surface area (Å²) < 4.78 is 2.07. The second kappa shape index (κ2) is 2.77. The van der Waals surface area contributed by atoms with Crippen molar-refractivity contribution in [3.63, 3.8) is 0 Å². The van der Waals surface area contributed by atoms with Gasteiger partial charge in [0.05, 0.1) is 10.5 Å². The Bertz CT molecular complexity index is 538. The van der Waals surface area contributed by atoms with Gasteiger partial charge in [-0.15, -0.1) is 0 Å². The van der Waals surface area contributed by atoms with E-state index in [-0.39, 0.29) is 5.54 Å². The molecular weight excluding hydrogens is 208 g/mol. The molecule has 0 saturated heterocycles. The minimum atomic E-state index is -0.102. The first-order valence-electron chi connectivity index (χ1n) is 5.15. The van der Waals surface area contributed by atoms with Crippen LogP contribution in [0.15, 0.2) is 24.4 Å². The summed E-state index contributed by atoms with van der Waals surface area (Å²) in [6.07, 6.45) is 4.10. The molecule has 2 aromatic rings. The summed E-state index contributed by atoms with van der Waals surface area (Å²) in [5, 5.41) is 1.91. The second-order valence-electron chi connectivity index (χ2n) is 4.45. The zero-order valence-electron chi connectivity index (χ0n) is 8.63. The molecule has 0 aliphatic heterocycles. The molecule has 1 heterocycles. The van der Waals surface area contributed by atoms with Crippen molar-refractivity contribution >= 4 is 22.5 Å². The standard InChI is InChI=1S/C12H13ClN2/c1-15-7-10(13)8-3-2-4-9(11(8)15)12(14)5-6-12/h2-4,7H,5-6,14H2,1H3. The van der Waals surface area contributed by atoms with E-state index < -0.39 is 0 Å². The highest BCUT2D eigenvalue weighted by Gasteiger charge is 2.41. The third kappa shape index (κ3) is 1.22. The van der Waals surface area contributed by atoms with E-state index in [0.717, 1.165) is 23.3 Å². The number of rotatable bonds is 1. The third-order valence-electron chi connectivity index (χ3n) is 3.28. The molecule has 1 aromatic carbocycles. The van der Waals surface area contributed by atoms with Gasteiger partial charge in [0.15, 0.2) is 0 Å². The van der Waals surface area contributed by atoms with Gasteiger partial charge in [-0.1, -0.05) is 29.8 Å². The number of nitrogens with two attached hydrogens (primary N) is 1. The molecular formula is C12H13ClN2. The van der Waals surface area contributed by atoms with Gasteiger partial charge in [-0.05, 0) is 18.4 Å². The van der Waals surface area contributed by atoms with Crippen LogP contribution in [0.3, 0.4) is 0 Å². The number of benzene rings is 1. The topological polar surface area (TPSA) is 30.9 Å². The number of para-hydroxylation sites is 1. The number of hydrogen-bond acceptors (Lipinski definition) is 1. The molecule has 0 bridgehead atoms. The van der Waals surface area contributed by atoms with Crippen molar-refractivity contribution in [3.05, 3.63) is 35.0 Å². The highest BCUT2D eigenvalue weighted by Crippen LogP contribution is 2.46. The molecule has 2 N–H and O–H groups in total. The highest BCUT2D eigenvalue weighted by atomic mass is 35.5. The van der Waals surface area contributed by atoms with E-state index in [9.17, 15) is 0 Å². The Kier molecular flexibility index (Phi) is 1.71. The van der Waals surface area contributed by atoms with Crippen molar-refractivity contribution in [1.82, 2.24) is 4.57 Å². The summed E-state index contributed by atoms with van der Waals surface area (Å²) in [6.45, 7) is 0. The first-order valence-corrected chi connectivity index (χ1v) is 5.52. The molecule has 1 fully saturated rings. The minimum Gasteiger partial charge on any atom is -0.349 e. The van der Waals surface area contributed by atoms with Crippen LogP contribution in [0.4, 0.5) is 0 Å². The van der Waals surface area contributed by atoms with E-state index in [2.05, 4.69) is 10.6 Å². The van der Waals surface area contributed by atoms with Gasteiger partial charge in [-0.2, -0.15) is 0 Å². The molecule has 0 unspecified atom stereocenters. The zero-order chi connectivity index (χ0) is 10.6. The van der Waals surface area contributed by atoms with Gasteiger partial charge in [0.25, 0.3) is 0 Å². The Morgan fingerprint density at radius 1 is 1.40 bits per heavy atom. The molecule has 2 nitrogen and oxygen atoms in total. The van der Waals surface area contributed by atoms with Crippen molar-refractivity contribution in [2.75, 3.05) is 0 Å². The van der Waals surface area contributed by atoms with E-state index in [1.54, 1.807) is 0 Å². The van der Waals surface area contributed by atoms with Crippen molar-refractivity contribution in [2.24, 2.45) is 12.8 Å². The maximum absolute atomic E-state index is 6.26. The van der Waals surface area contributed by atoms with Crippen LogP contribution >= 0.6 is 11.6 Å². The van der Waals surface area contributed by atoms with E-state index in [1.807, 2.05) is 25.4 Å². The molecule has 1 aliphatic rings. The van der Waals surface area contributed by atoms with Crippen molar-refractivity contribution in [2.45, 2.75) is 18.4 Å².